The van der Waals surface area contributed by atoms with E-state index < -0.39 is 0 Å². The summed E-state index contributed by atoms with van der Waals surface area (Å²) < 4.78 is 1.67. The van der Waals surface area contributed by atoms with E-state index in [0.29, 0.717) is 11.3 Å². The van der Waals surface area contributed by atoms with Crippen molar-refractivity contribution in [3.8, 4) is 0 Å². The van der Waals surface area contributed by atoms with Crippen molar-refractivity contribution in [2.24, 2.45) is 0 Å². The van der Waals surface area contributed by atoms with Gasteiger partial charge in [-0.2, -0.15) is 5.10 Å². The third-order valence-electron chi connectivity index (χ3n) is 4.62. The molecule has 1 atom stereocenters. The molecule has 1 fully saturated rings. The Bertz CT molecular complexity index is 894. The van der Waals surface area contributed by atoms with Crippen LogP contribution in [0.1, 0.15) is 46.1 Å². The first-order valence-electron chi connectivity index (χ1n) is 8.31. The molecule has 24 heavy (non-hydrogen) atoms. The smallest absolute Gasteiger partial charge is 0.273 e. The number of hydrogen-bond donors (Lipinski definition) is 0. The molecule has 5 heteroatoms. The molecule has 1 aliphatic rings. The highest BCUT2D eigenvalue weighted by atomic mass is 16.2. The van der Waals surface area contributed by atoms with E-state index in [9.17, 15) is 4.79 Å². The summed E-state index contributed by atoms with van der Waals surface area (Å²) in [4.78, 5) is 19.4. The van der Waals surface area contributed by atoms with E-state index in [1.807, 2.05) is 11.0 Å². The van der Waals surface area contributed by atoms with Gasteiger partial charge in [0.2, 0.25) is 0 Å². The van der Waals surface area contributed by atoms with Gasteiger partial charge in [0.15, 0.2) is 5.65 Å². The van der Waals surface area contributed by atoms with Crippen molar-refractivity contribution in [3.63, 3.8) is 0 Å². The Labute approximate surface area is 140 Å². The summed E-state index contributed by atoms with van der Waals surface area (Å²) in [6, 6.07) is 10.2. The summed E-state index contributed by atoms with van der Waals surface area (Å²) in [6.07, 6.45) is 5.50. The average molecular weight is 320 g/mol. The van der Waals surface area contributed by atoms with Gasteiger partial charge in [-0.25, -0.2) is 9.50 Å². The van der Waals surface area contributed by atoms with Crippen molar-refractivity contribution in [1.29, 1.82) is 0 Å². The number of likely N-dealkylation sites (tertiary alicyclic amines) is 1. The van der Waals surface area contributed by atoms with E-state index in [1.165, 1.54) is 16.7 Å². The molecular formula is C19H20N4O. The number of hydrogen-bond acceptors (Lipinski definition) is 3. The van der Waals surface area contributed by atoms with E-state index in [-0.39, 0.29) is 11.9 Å². The van der Waals surface area contributed by atoms with Crippen LogP contribution in [-0.2, 0) is 0 Å². The lowest BCUT2D eigenvalue weighted by Crippen LogP contribution is -2.31. The normalized spacial score (nSPS) is 17.6. The number of carbonyl (C=O) groups is 1. The molecular weight excluding hydrogens is 300 g/mol. The first kappa shape index (κ1) is 14.9. The Balaban J connectivity index is 1.67. The van der Waals surface area contributed by atoms with Gasteiger partial charge in [0.25, 0.3) is 5.91 Å². The highest BCUT2D eigenvalue weighted by Crippen LogP contribution is 2.33. The number of benzene rings is 1. The van der Waals surface area contributed by atoms with E-state index in [0.717, 1.165) is 19.4 Å². The topological polar surface area (TPSA) is 50.5 Å². The standard InChI is InChI=1S/C19H20N4O/c1-13-10-14(2)12-15(11-13)17-4-3-8-22(17)19(24)16-6-9-23-18(21-16)5-7-20-23/h5-7,9-12,17H,3-4,8H2,1-2H3. The highest BCUT2D eigenvalue weighted by molar-refractivity contribution is 5.93. The Morgan fingerprint density at radius 1 is 1.17 bits per heavy atom. The van der Waals surface area contributed by atoms with Gasteiger partial charge in [-0.1, -0.05) is 29.3 Å². The summed E-state index contributed by atoms with van der Waals surface area (Å²) >= 11 is 0. The van der Waals surface area contributed by atoms with Crippen LogP contribution in [0.4, 0.5) is 0 Å². The molecule has 3 aromatic rings. The Morgan fingerprint density at radius 2 is 1.96 bits per heavy atom. The fraction of sp³-hybridized carbons (Fsp3) is 0.316. The van der Waals surface area contributed by atoms with Crippen LogP contribution >= 0.6 is 0 Å². The second kappa shape index (κ2) is 5.74. The zero-order valence-corrected chi connectivity index (χ0v) is 13.9. The molecule has 0 aliphatic carbocycles. The second-order valence-electron chi connectivity index (χ2n) is 6.52. The van der Waals surface area contributed by atoms with Crippen LogP contribution in [-0.4, -0.2) is 31.9 Å². The number of aromatic nitrogens is 3. The third-order valence-corrected chi connectivity index (χ3v) is 4.62. The minimum atomic E-state index is 0.000333. The largest absolute Gasteiger partial charge is 0.330 e. The highest BCUT2D eigenvalue weighted by Gasteiger charge is 2.31. The quantitative estimate of drug-likeness (QED) is 0.728. The molecule has 1 aliphatic heterocycles. The van der Waals surface area contributed by atoms with Gasteiger partial charge in [-0.05, 0) is 38.3 Å². The maximum Gasteiger partial charge on any atom is 0.273 e. The summed E-state index contributed by atoms with van der Waals surface area (Å²) in [5.74, 6) is 0.000333. The van der Waals surface area contributed by atoms with Crippen molar-refractivity contribution < 1.29 is 4.79 Å². The molecule has 1 saturated heterocycles. The van der Waals surface area contributed by atoms with Crippen molar-refractivity contribution in [2.75, 3.05) is 6.54 Å². The molecule has 5 nitrogen and oxygen atoms in total. The predicted octanol–water partition coefficient (Wildman–Crippen LogP) is 3.32. The number of carbonyl (C=O) groups excluding carboxylic acids is 1. The fourth-order valence-corrected chi connectivity index (χ4v) is 3.64. The molecule has 2 aromatic heterocycles. The molecule has 1 unspecified atom stereocenters. The Morgan fingerprint density at radius 3 is 2.75 bits per heavy atom. The molecule has 3 heterocycles. The summed E-state index contributed by atoms with van der Waals surface area (Å²) in [5, 5.41) is 4.13. The van der Waals surface area contributed by atoms with Crippen LogP contribution in [0.25, 0.3) is 5.65 Å². The maximum absolute atomic E-state index is 13.0. The molecule has 4 rings (SSSR count). The summed E-state index contributed by atoms with van der Waals surface area (Å²) in [6.45, 7) is 4.99. The zero-order chi connectivity index (χ0) is 16.7. The molecule has 0 radical (unpaired) electrons. The van der Waals surface area contributed by atoms with Crippen LogP contribution in [0.5, 0.6) is 0 Å². The number of fused-ring (bicyclic) bond motifs is 1. The van der Waals surface area contributed by atoms with Gasteiger partial charge < -0.3 is 4.90 Å². The van der Waals surface area contributed by atoms with Gasteiger partial charge >= 0.3 is 0 Å². The summed E-state index contributed by atoms with van der Waals surface area (Å²) in [7, 11) is 0. The first-order chi connectivity index (χ1) is 11.6. The molecule has 0 saturated carbocycles. The SMILES string of the molecule is Cc1cc(C)cc(C2CCCN2C(=O)c2ccn3nccc3n2)c1. The Kier molecular flexibility index (Phi) is 3.56. The van der Waals surface area contributed by atoms with Crippen molar-refractivity contribution >= 4 is 11.6 Å². The van der Waals surface area contributed by atoms with Crippen molar-refractivity contribution in [1.82, 2.24) is 19.5 Å². The van der Waals surface area contributed by atoms with Gasteiger partial charge in [-0.15, -0.1) is 0 Å². The zero-order valence-electron chi connectivity index (χ0n) is 13.9. The lowest BCUT2D eigenvalue weighted by Gasteiger charge is -2.25. The minimum absolute atomic E-state index is 0.000333. The number of nitrogens with zero attached hydrogens (tertiary/aromatic N) is 4. The molecule has 1 aromatic carbocycles. The number of rotatable bonds is 2. The Hall–Kier alpha value is -2.69. The monoisotopic (exact) mass is 320 g/mol. The van der Waals surface area contributed by atoms with Gasteiger partial charge in [0.05, 0.1) is 12.2 Å². The lowest BCUT2D eigenvalue weighted by atomic mass is 9.99. The van der Waals surface area contributed by atoms with Crippen molar-refractivity contribution in [3.05, 3.63) is 65.1 Å². The van der Waals surface area contributed by atoms with Crippen molar-refractivity contribution in [2.45, 2.75) is 32.7 Å². The van der Waals surface area contributed by atoms with Gasteiger partial charge in [-0.3, -0.25) is 4.79 Å². The molecule has 1 amide bonds. The maximum atomic E-state index is 13.0. The average Bonchev–Trinajstić information content (AvgIpc) is 3.21. The predicted molar refractivity (Wildman–Crippen MR) is 91.9 cm³/mol. The fourth-order valence-electron chi connectivity index (χ4n) is 3.64. The van der Waals surface area contributed by atoms with Crippen LogP contribution in [0, 0.1) is 13.8 Å². The van der Waals surface area contributed by atoms with Crippen LogP contribution in [0.15, 0.2) is 42.7 Å². The second-order valence-corrected chi connectivity index (χ2v) is 6.52. The first-order valence-corrected chi connectivity index (χ1v) is 8.31. The lowest BCUT2D eigenvalue weighted by molar-refractivity contribution is 0.0729. The molecule has 0 bridgehead atoms. The van der Waals surface area contributed by atoms with E-state index in [4.69, 9.17) is 0 Å². The van der Waals surface area contributed by atoms with Crippen LogP contribution in [0.3, 0.4) is 0 Å². The van der Waals surface area contributed by atoms with Gasteiger partial charge in [0.1, 0.15) is 5.69 Å². The van der Waals surface area contributed by atoms with E-state index >= 15 is 0 Å². The van der Waals surface area contributed by atoms with Gasteiger partial charge in [0, 0.05) is 18.8 Å². The summed E-state index contributed by atoms with van der Waals surface area (Å²) in [5.41, 5.74) is 4.89. The molecule has 122 valence electrons. The minimum Gasteiger partial charge on any atom is -0.330 e. The van der Waals surface area contributed by atoms with Crippen LogP contribution in [0.2, 0.25) is 0 Å². The number of amides is 1. The van der Waals surface area contributed by atoms with E-state index in [2.05, 4.69) is 42.1 Å². The third kappa shape index (κ3) is 2.56. The van der Waals surface area contributed by atoms with E-state index in [1.54, 1.807) is 23.0 Å². The molecule has 0 N–H and O–H groups in total. The van der Waals surface area contributed by atoms with Crippen LogP contribution < -0.4 is 0 Å². The molecule has 0 spiro atoms. The number of aryl methyl sites for hydroxylation is 2.